The van der Waals surface area contributed by atoms with E-state index in [1.165, 1.54) is 0 Å². The molecule has 3 N–H and O–H groups in total. The van der Waals surface area contributed by atoms with Crippen LogP contribution in [0.5, 0.6) is 0 Å². The number of likely N-dealkylation sites (tertiary alicyclic amines) is 1. The summed E-state index contributed by atoms with van der Waals surface area (Å²) in [5, 5.41) is 30.6. The zero-order valence-corrected chi connectivity index (χ0v) is 16.9. The molecule has 1 saturated heterocycles. The quantitative estimate of drug-likeness (QED) is 0.587. The lowest BCUT2D eigenvalue weighted by Crippen LogP contribution is -2.48. The van der Waals surface area contributed by atoms with Gasteiger partial charge in [0, 0.05) is 19.0 Å². The summed E-state index contributed by atoms with van der Waals surface area (Å²) in [4.78, 5) is 25.9. The number of amides is 2. The molecule has 1 aliphatic heterocycles. The van der Waals surface area contributed by atoms with E-state index in [1.54, 1.807) is 11.8 Å². The van der Waals surface area contributed by atoms with E-state index in [1.807, 2.05) is 37.3 Å². The van der Waals surface area contributed by atoms with Crippen LogP contribution in [-0.4, -0.2) is 59.7 Å². The highest BCUT2D eigenvalue weighted by molar-refractivity contribution is 6.43. The van der Waals surface area contributed by atoms with Crippen molar-refractivity contribution in [1.29, 1.82) is 5.26 Å². The third-order valence-corrected chi connectivity index (χ3v) is 5.08. The van der Waals surface area contributed by atoms with Gasteiger partial charge in [-0.1, -0.05) is 29.8 Å². The largest absolute Gasteiger partial charge is 0.475 e. The van der Waals surface area contributed by atoms with Crippen molar-refractivity contribution >= 4 is 19.1 Å². The van der Waals surface area contributed by atoms with Gasteiger partial charge in [-0.2, -0.15) is 5.26 Å². The molecular formula is C20H28BN3O5. The van der Waals surface area contributed by atoms with Crippen LogP contribution in [0.25, 0.3) is 0 Å². The number of hydrogen-bond donors (Lipinski definition) is 3. The number of carbonyl (C=O) groups is 2. The Morgan fingerprint density at radius 3 is 2.69 bits per heavy atom. The van der Waals surface area contributed by atoms with Crippen LogP contribution in [0.2, 0.25) is 0 Å². The summed E-state index contributed by atoms with van der Waals surface area (Å²) in [5.74, 6) is -1.81. The van der Waals surface area contributed by atoms with E-state index in [-0.39, 0.29) is 24.9 Å². The van der Waals surface area contributed by atoms with E-state index in [4.69, 9.17) is 10.00 Å². The summed E-state index contributed by atoms with van der Waals surface area (Å²) in [7, 11) is -1.72. The van der Waals surface area contributed by atoms with Gasteiger partial charge in [-0.3, -0.25) is 4.79 Å². The first-order valence-electron chi connectivity index (χ1n) is 9.83. The number of nitrogens with zero attached hydrogens (tertiary/aromatic N) is 2. The van der Waals surface area contributed by atoms with Crippen LogP contribution >= 0.6 is 0 Å². The lowest BCUT2D eigenvalue weighted by atomic mass is 9.76. The van der Waals surface area contributed by atoms with Gasteiger partial charge in [-0.15, -0.1) is 0 Å². The zero-order chi connectivity index (χ0) is 21.4. The fraction of sp³-hybridized carbons (Fsp3) is 0.550. The number of carbonyl (C=O) groups excluding carboxylic acids is 2. The minimum atomic E-state index is -1.72. The Bertz CT molecular complexity index is 735. The van der Waals surface area contributed by atoms with Crippen molar-refractivity contribution in [3.05, 3.63) is 35.4 Å². The maximum Gasteiger partial charge on any atom is 0.475 e. The van der Waals surface area contributed by atoms with Gasteiger partial charge < -0.3 is 25.0 Å². The third-order valence-electron chi connectivity index (χ3n) is 5.08. The van der Waals surface area contributed by atoms with Crippen molar-refractivity contribution in [3.8, 4) is 6.07 Å². The molecule has 0 radical (unpaired) electrons. The number of hydrogen-bond acceptors (Lipinski definition) is 6. The van der Waals surface area contributed by atoms with Crippen LogP contribution in [-0.2, 0) is 16.0 Å². The molecule has 1 aromatic carbocycles. The van der Waals surface area contributed by atoms with Crippen LogP contribution in [0.15, 0.2) is 24.3 Å². The number of nitrogens with one attached hydrogen (secondary N) is 1. The van der Waals surface area contributed by atoms with Crippen molar-refractivity contribution in [1.82, 2.24) is 10.2 Å². The van der Waals surface area contributed by atoms with Gasteiger partial charge in [-0.25, -0.2) is 4.79 Å². The van der Waals surface area contributed by atoms with Crippen molar-refractivity contribution < 1.29 is 24.4 Å². The second-order valence-electron chi connectivity index (χ2n) is 7.60. The van der Waals surface area contributed by atoms with Crippen LogP contribution < -0.4 is 5.32 Å². The summed E-state index contributed by atoms with van der Waals surface area (Å²) in [5.41, 5.74) is 1.95. The molecule has 9 heteroatoms. The second kappa shape index (κ2) is 10.8. The van der Waals surface area contributed by atoms with Crippen LogP contribution in [0.3, 0.4) is 0 Å². The number of benzene rings is 1. The minimum Gasteiger partial charge on any atom is -0.449 e. The molecule has 29 heavy (non-hydrogen) atoms. The standard InChI is InChI=1S/C20H28BN3O5/c1-14-5-7-16(8-6-14)10-18(21(27)28)23-20(26)29-13-17-4-3-9-24(12-17)19(25)15(2)11-22/h5-8,15,17-18,27-28H,3-4,9-10,12-13H2,1-2H3,(H,23,26)/t15?,17-,18-/m0/s1. The maximum atomic E-state index is 12.2. The minimum absolute atomic E-state index is 0.0149. The van der Waals surface area contributed by atoms with Crippen molar-refractivity contribution in [2.75, 3.05) is 19.7 Å². The van der Waals surface area contributed by atoms with Crippen LogP contribution in [0, 0.1) is 30.1 Å². The van der Waals surface area contributed by atoms with E-state index in [0.717, 1.165) is 24.0 Å². The molecule has 0 bridgehead atoms. The molecule has 3 atom stereocenters. The van der Waals surface area contributed by atoms with Crippen molar-refractivity contribution in [2.45, 2.75) is 39.1 Å². The Morgan fingerprint density at radius 1 is 1.38 bits per heavy atom. The summed E-state index contributed by atoms with van der Waals surface area (Å²) in [6.07, 6.45) is 1.12. The SMILES string of the molecule is Cc1ccc(C[C@H](NC(=O)OC[C@H]2CCCN(C(=O)C(C)C#N)C2)B(O)O)cc1. The Kier molecular flexibility index (Phi) is 8.49. The number of alkyl carbamates (subject to hydrolysis) is 1. The molecule has 1 aliphatic rings. The molecular weight excluding hydrogens is 373 g/mol. The Balaban J connectivity index is 1.83. The van der Waals surface area contributed by atoms with Gasteiger partial charge in [0.2, 0.25) is 5.91 Å². The van der Waals surface area contributed by atoms with Gasteiger partial charge in [0.05, 0.1) is 18.6 Å². The van der Waals surface area contributed by atoms with Gasteiger partial charge >= 0.3 is 13.2 Å². The molecule has 0 saturated carbocycles. The first-order valence-corrected chi connectivity index (χ1v) is 9.83. The highest BCUT2D eigenvalue weighted by atomic mass is 16.5. The van der Waals surface area contributed by atoms with Gasteiger partial charge in [0.25, 0.3) is 0 Å². The van der Waals surface area contributed by atoms with Crippen molar-refractivity contribution in [3.63, 3.8) is 0 Å². The van der Waals surface area contributed by atoms with E-state index in [0.29, 0.717) is 13.1 Å². The van der Waals surface area contributed by atoms with Gasteiger partial charge in [-0.05, 0) is 38.7 Å². The predicted molar refractivity (Wildman–Crippen MR) is 107 cm³/mol. The normalized spacial score (nSPS) is 18.3. The lowest BCUT2D eigenvalue weighted by Gasteiger charge is -2.33. The van der Waals surface area contributed by atoms with E-state index in [9.17, 15) is 19.6 Å². The molecule has 2 amide bonds. The molecule has 0 spiro atoms. The highest BCUT2D eigenvalue weighted by Crippen LogP contribution is 2.19. The summed E-state index contributed by atoms with van der Waals surface area (Å²) in [6, 6.07) is 9.51. The topological polar surface area (TPSA) is 123 Å². The lowest BCUT2D eigenvalue weighted by molar-refractivity contribution is -0.135. The van der Waals surface area contributed by atoms with E-state index < -0.39 is 25.1 Å². The van der Waals surface area contributed by atoms with Crippen LogP contribution in [0.1, 0.15) is 30.9 Å². The fourth-order valence-electron chi connectivity index (χ4n) is 3.33. The molecule has 1 unspecified atom stereocenters. The first-order chi connectivity index (χ1) is 13.8. The number of ether oxygens (including phenoxy) is 1. The molecule has 0 aromatic heterocycles. The monoisotopic (exact) mass is 401 g/mol. The molecule has 1 heterocycles. The molecule has 1 aromatic rings. The summed E-state index contributed by atoms with van der Waals surface area (Å²) in [6.45, 7) is 4.69. The van der Waals surface area contributed by atoms with Crippen LogP contribution in [0.4, 0.5) is 4.79 Å². The average molecular weight is 401 g/mol. The van der Waals surface area contributed by atoms with E-state index >= 15 is 0 Å². The Hall–Kier alpha value is -2.57. The van der Waals surface area contributed by atoms with Gasteiger partial charge in [0.1, 0.15) is 5.92 Å². The summed E-state index contributed by atoms with van der Waals surface area (Å²) >= 11 is 0. The third kappa shape index (κ3) is 7.07. The highest BCUT2D eigenvalue weighted by Gasteiger charge is 2.29. The molecule has 8 nitrogen and oxygen atoms in total. The predicted octanol–water partition coefficient (Wildman–Crippen LogP) is 1.04. The molecule has 156 valence electrons. The number of rotatable bonds is 7. The number of nitriles is 1. The number of aryl methyl sites for hydroxylation is 1. The van der Waals surface area contributed by atoms with Crippen molar-refractivity contribution in [2.24, 2.45) is 11.8 Å². The Morgan fingerprint density at radius 2 is 2.07 bits per heavy atom. The maximum absolute atomic E-state index is 12.2. The van der Waals surface area contributed by atoms with E-state index in [2.05, 4.69) is 5.32 Å². The molecule has 1 fully saturated rings. The second-order valence-corrected chi connectivity index (χ2v) is 7.60. The zero-order valence-electron chi connectivity index (χ0n) is 16.9. The summed E-state index contributed by atoms with van der Waals surface area (Å²) < 4.78 is 5.26. The number of piperidine rings is 1. The molecule has 0 aliphatic carbocycles. The average Bonchev–Trinajstić information content (AvgIpc) is 2.72. The molecule has 2 rings (SSSR count). The van der Waals surface area contributed by atoms with Gasteiger partial charge in [0.15, 0.2) is 0 Å². The Labute approximate surface area is 171 Å². The first kappa shape index (κ1) is 22.7. The smallest absolute Gasteiger partial charge is 0.449 e. The fourth-order valence-corrected chi connectivity index (χ4v) is 3.33.